The molecule has 1 saturated heterocycles. The molecule has 2 amide bonds. The van der Waals surface area contributed by atoms with Crippen molar-refractivity contribution in [1.82, 2.24) is 9.62 Å². The van der Waals surface area contributed by atoms with Crippen LogP contribution in [-0.4, -0.2) is 64.1 Å². The van der Waals surface area contributed by atoms with Crippen molar-refractivity contribution in [2.45, 2.75) is 17.9 Å². The van der Waals surface area contributed by atoms with E-state index in [1.54, 1.807) is 6.92 Å². The number of sulfonamides is 1. The molecule has 26 heavy (non-hydrogen) atoms. The second kappa shape index (κ2) is 8.06. The van der Waals surface area contributed by atoms with Crippen LogP contribution in [0.25, 0.3) is 0 Å². The van der Waals surface area contributed by atoms with E-state index in [9.17, 15) is 26.8 Å². The number of carbonyl (C=O) groups excluding carboxylic acids is 2. The number of nitrogens with zero attached hydrogens (tertiary/aromatic N) is 1. The number of piperazine rings is 1. The standard InChI is InChI=1S/C15H19F2N3O5S/c1-10(14(21)18-15(22)25-2)19-5-7-20(8-6-19)26(23,24)13-4-3-11(16)9-12(13)17/h3-4,9-10H,5-8H2,1-2H3,(H,18,21,22)/p+1/t10-/m0/s1. The van der Waals surface area contributed by atoms with Crippen molar-refractivity contribution in [3.8, 4) is 0 Å². The first kappa shape index (κ1) is 20.2. The van der Waals surface area contributed by atoms with Gasteiger partial charge in [0.15, 0.2) is 6.04 Å². The molecule has 0 aliphatic carbocycles. The average Bonchev–Trinajstić information content (AvgIpc) is 2.60. The maximum atomic E-state index is 13.8. The van der Waals surface area contributed by atoms with Crippen LogP contribution < -0.4 is 10.2 Å². The third kappa shape index (κ3) is 4.34. The minimum atomic E-state index is -4.10. The maximum Gasteiger partial charge on any atom is 0.413 e. The van der Waals surface area contributed by atoms with Crippen molar-refractivity contribution < 1.29 is 36.4 Å². The van der Waals surface area contributed by atoms with Gasteiger partial charge in [-0.25, -0.2) is 22.0 Å². The number of rotatable bonds is 4. The SMILES string of the molecule is COC(=O)NC(=O)[C@H](C)[NH+]1CCN(S(=O)(=O)c2ccc(F)cc2F)CC1. The second-order valence-corrected chi connectivity index (χ2v) is 7.75. The predicted octanol–water partition coefficient (Wildman–Crippen LogP) is -0.875. The number of alkyl carbamates (subject to hydrolysis) is 1. The lowest BCUT2D eigenvalue weighted by atomic mass is 10.2. The average molecular weight is 392 g/mol. The van der Waals surface area contributed by atoms with E-state index in [-0.39, 0.29) is 26.2 Å². The molecule has 11 heteroatoms. The van der Waals surface area contributed by atoms with Crippen LogP contribution in [-0.2, 0) is 19.6 Å². The van der Waals surface area contributed by atoms with Crippen LogP contribution in [0.4, 0.5) is 13.6 Å². The topological polar surface area (TPSA) is 97.2 Å². The summed E-state index contributed by atoms with van der Waals surface area (Å²) in [7, 11) is -2.96. The lowest BCUT2D eigenvalue weighted by molar-refractivity contribution is -0.917. The van der Waals surface area contributed by atoms with Crippen LogP contribution in [0.1, 0.15) is 6.92 Å². The quantitative estimate of drug-likeness (QED) is 0.694. The molecule has 0 bridgehead atoms. The summed E-state index contributed by atoms with van der Waals surface area (Å²) in [6.45, 7) is 2.31. The van der Waals surface area contributed by atoms with Crippen LogP contribution in [0.2, 0.25) is 0 Å². The van der Waals surface area contributed by atoms with E-state index in [0.717, 1.165) is 28.4 Å². The fourth-order valence-electron chi connectivity index (χ4n) is 2.72. The molecule has 1 atom stereocenters. The van der Waals surface area contributed by atoms with Crippen molar-refractivity contribution in [2.24, 2.45) is 0 Å². The van der Waals surface area contributed by atoms with Gasteiger partial charge in [-0.2, -0.15) is 4.31 Å². The van der Waals surface area contributed by atoms with E-state index in [4.69, 9.17) is 0 Å². The molecule has 0 spiro atoms. The van der Waals surface area contributed by atoms with Crippen molar-refractivity contribution >= 4 is 22.0 Å². The second-order valence-electron chi connectivity index (χ2n) is 5.84. The van der Waals surface area contributed by atoms with Crippen LogP contribution in [0, 0.1) is 11.6 Å². The summed E-state index contributed by atoms with van der Waals surface area (Å²) in [6.07, 6.45) is -0.866. The highest BCUT2D eigenvalue weighted by molar-refractivity contribution is 7.89. The van der Waals surface area contributed by atoms with Crippen molar-refractivity contribution in [3.63, 3.8) is 0 Å². The number of quaternary nitrogens is 1. The molecule has 144 valence electrons. The Morgan fingerprint density at radius 1 is 1.27 bits per heavy atom. The smallest absolute Gasteiger partial charge is 0.413 e. The Morgan fingerprint density at radius 2 is 1.88 bits per heavy atom. The van der Waals surface area contributed by atoms with Crippen LogP contribution >= 0.6 is 0 Å². The largest absolute Gasteiger partial charge is 0.453 e. The first-order valence-corrected chi connectivity index (χ1v) is 9.29. The molecule has 0 radical (unpaired) electrons. The van der Waals surface area contributed by atoms with Gasteiger partial charge in [-0.05, 0) is 19.1 Å². The van der Waals surface area contributed by atoms with Crippen LogP contribution in [0.3, 0.4) is 0 Å². The number of methoxy groups -OCH3 is 1. The number of nitrogens with one attached hydrogen (secondary N) is 2. The monoisotopic (exact) mass is 392 g/mol. The summed E-state index contributed by atoms with van der Waals surface area (Å²) in [6, 6.07) is 1.71. The molecule has 2 N–H and O–H groups in total. The molecule has 1 aliphatic rings. The number of hydrogen-bond acceptors (Lipinski definition) is 5. The molecule has 8 nitrogen and oxygen atoms in total. The number of benzene rings is 1. The van der Waals surface area contributed by atoms with Gasteiger partial charge in [-0.15, -0.1) is 0 Å². The zero-order valence-electron chi connectivity index (χ0n) is 14.3. The number of ether oxygens (including phenoxy) is 1. The van der Waals surface area contributed by atoms with Gasteiger partial charge in [0.05, 0.1) is 33.3 Å². The number of halogens is 2. The highest BCUT2D eigenvalue weighted by Gasteiger charge is 2.36. The lowest BCUT2D eigenvalue weighted by Crippen LogP contribution is -3.19. The van der Waals surface area contributed by atoms with Gasteiger partial charge in [0.25, 0.3) is 5.91 Å². The van der Waals surface area contributed by atoms with Gasteiger partial charge >= 0.3 is 6.09 Å². The highest BCUT2D eigenvalue weighted by atomic mass is 32.2. The minimum absolute atomic E-state index is 0.0598. The Hall–Kier alpha value is -2.11. The number of hydrogen-bond donors (Lipinski definition) is 2. The van der Waals surface area contributed by atoms with E-state index in [2.05, 4.69) is 10.1 Å². The van der Waals surface area contributed by atoms with Gasteiger partial charge in [-0.3, -0.25) is 10.1 Å². The van der Waals surface area contributed by atoms with E-state index < -0.39 is 44.6 Å². The Labute approximate surface area is 149 Å². The fraction of sp³-hybridized carbons (Fsp3) is 0.467. The number of amides is 2. The first-order chi connectivity index (χ1) is 12.2. The van der Waals surface area contributed by atoms with E-state index in [1.807, 2.05) is 0 Å². The third-order valence-corrected chi connectivity index (χ3v) is 6.22. The Bertz CT molecular complexity index is 794. The van der Waals surface area contributed by atoms with Gasteiger partial charge in [0.2, 0.25) is 10.0 Å². The molecule has 0 aromatic heterocycles. The van der Waals surface area contributed by atoms with Gasteiger partial charge in [0.1, 0.15) is 16.5 Å². The molecular formula is C15H20F2N3O5S+. The zero-order valence-corrected chi connectivity index (χ0v) is 15.1. The van der Waals surface area contributed by atoms with Crippen molar-refractivity contribution in [3.05, 3.63) is 29.8 Å². The molecular weight excluding hydrogens is 372 g/mol. The summed E-state index contributed by atoms with van der Waals surface area (Å²) in [4.78, 5) is 23.2. The lowest BCUT2D eigenvalue weighted by Gasteiger charge is -2.34. The maximum absolute atomic E-state index is 13.8. The zero-order chi connectivity index (χ0) is 19.5. The van der Waals surface area contributed by atoms with Crippen LogP contribution in [0.5, 0.6) is 0 Å². The van der Waals surface area contributed by atoms with Gasteiger partial charge < -0.3 is 9.64 Å². The summed E-state index contributed by atoms with van der Waals surface area (Å²) >= 11 is 0. The molecule has 1 fully saturated rings. The van der Waals surface area contributed by atoms with Crippen molar-refractivity contribution in [1.29, 1.82) is 0 Å². The van der Waals surface area contributed by atoms with Crippen molar-refractivity contribution in [2.75, 3.05) is 33.3 Å². The van der Waals surface area contributed by atoms with Gasteiger partial charge in [0, 0.05) is 6.07 Å². The Morgan fingerprint density at radius 3 is 2.42 bits per heavy atom. The molecule has 2 rings (SSSR count). The Kier molecular flexibility index (Phi) is 6.26. The number of imide groups is 1. The summed E-state index contributed by atoms with van der Waals surface area (Å²) in [5, 5.41) is 2.07. The highest BCUT2D eigenvalue weighted by Crippen LogP contribution is 2.20. The fourth-order valence-corrected chi connectivity index (χ4v) is 4.20. The molecule has 1 aromatic carbocycles. The molecule has 1 heterocycles. The molecule has 0 unspecified atom stereocenters. The first-order valence-electron chi connectivity index (χ1n) is 7.85. The van der Waals surface area contributed by atoms with E-state index in [0.29, 0.717) is 6.07 Å². The molecule has 1 aromatic rings. The van der Waals surface area contributed by atoms with Gasteiger partial charge in [-0.1, -0.05) is 0 Å². The number of carbonyl (C=O) groups is 2. The molecule has 0 saturated carbocycles. The summed E-state index contributed by atoms with van der Waals surface area (Å²) < 4.78 is 57.3. The molecule has 1 aliphatic heterocycles. The minimum Gasteiger partial charge on any atom is -0.453 e. The summed E-state index contributed by atoms with van der Waals surface area (Å²) in [5.74, 6) is -2.54. The normalized spacial score (nSPS) is 17.5. The predicted molar refractivity (Wildman–Crippen MR) is 85.8 cm³/mol. The summed E-state index contributed by atoms with van der Waals surface area (Å²) in [5.41, 5.74) is 0. The van der Waals surface area contributed by atoms with E-state index >= 15 is 0 Å². The van der Waals surface area contributed by atoms with Crippen LogP contribution in [0.15, 0.2) is 23.1 Å². The van der Waals surface area contributed by atoms with E-state index in [1.165, 1.54) is 0 Å². The third-order valence-electron chi connectivity index (χ3n) is 4.29. The Balaban J connectivity index is 2.03.